The van der Waals surface area contributed by atoms with Gasteiger partial charge >= 0.3 is 12.1 Å². The van der Waals surface area contributed by atoms with Crippen LogP contribution in [0.15, 0.2) is 0 Å². The van der Waals surface area contributed by atoms with Crippen LogP contribution in [0.1, 0.15) is 40.0 Å². The fraction of sp³-hybridized carbons (Fsp3) is 0.857. The second kappa shape index (κ2) is 5.02. The summed E-state index contributed by atoms with van der Waals surface area (Å²) in [5.74, 6) is 0.295. The molecule has 0 aliphatic heterocycles. The fourth-order valence-corrected chi connectivity index (χ4v) is 3.42. The Labute approximate surface area is 114 Å². The van der Waals surface area contributed by atoms with Crippen molar-refractivity contribution in [3.05, 3.63) is 0 Å². The number of rotatable bonds is 2. The zero-order valence-corrected chi connectivity index (χ0v) is 12.1. The summed E-state index contributed by atoms with van der Waals surface area (Å²) in [7, 11) is 1.40. The highest BCUT2D eigenvalue weighted by Crippen LogP contribution is 2.48. The highest BCUT2D eigenvalue weighted by atomic mass is 16.6. The molecule has 1 unspecified atom stereocenters. The third-order valence-corrected chi connectivity index (χ3v) is 4.07. The zero-order valence-electron chi connectivity index (χ0n) is 12.1. The molecule has 1 amide bonds. The first-order chi connectivity index (χ1) is 8.81. The smallest absolute Gasteiger partial charge is 0.407 e. The van der Waals surface area contributed by atoms with Crippen LogP contribution in [0.3, 0.4) is 0 Å². The van der Waals surface area contributed by atoms with Crippen molar-refractivity contribution in [3.63, 3.8) is 0 Å². The molecule has 0 radical (unpaired) electrons. The standard InChI is InChI=1S/C14H23NO4/c1-14(2,3)19-13(17)15-11-9-6-5-8(7-9)10(11)12(16)18-4/h8-11H,5-7H2,1-4H3,(H,15,17)/t8-,9+,10?,11+/m0/s1. The number of alkyl carbamates (subject to hydrolysis) is 1. The molecule has 2 aliphatic rings. The molecule has 2 bridgehead atoms. The van der Waals surface area contributed by atoms with Crippen LogP contribution in [0, 0.1) is 17.8 Å². The van der Waals surface area contributed by atoms with Crippen LogP contribution in [0.2, 0.25) is 0 Å². The summed E-state index contributed by atoms with van der Waals surface area (Å²) in [5, 5.41) is 2.87. The molecule has 1 N–H and O–H groups in total. The molecule has 2 rings (SSSR count). The Morgan fingerprint density at radius 1 is 1.16 bits per heavy atom. The molecular formula is C14H23NO4. The van der Waals surface area contributed by atoms with Gasteiger partial charge in [0.05, 0.1) is 13.0 Å². The minimum absolute atomic E-state index is 0.138. The Balaban J connectivity index is 2.02. The Bertz CT molecular complexity index is 374. The summed E-state index contributed by atoms with van der Waals surface area (Å²) in [6.45, 7) is 5.47. The summed E-state index contributed by atoms with van der Waals surface area (Å²) in [4.78, 5) is 23.7. The minimum atomic E-state index is -0.525. The maximum absolute atomic E-state index is 11.9. The molecule has 2 aliphatic carbocycles. The lowest BCUT2D eigenvalue weighted by Gasteiger charge is -2.30. The van der Waals surface area contributed by atoms with E-state index in [1.807, 2.05) is 20.8 Å². The van der Waals surface area contributed by atoms with E-state index in [0.717, 1.165) is 19.3 Å². The van der Waals surface area contributed by atoms with Gasteiger partial charge in [-0.2, -0.15) is 0 Å². The Hall–Kier alpha value is -1.26. The van der Waals surface area contributed by atoms with Crippen LogP contribution in [-0.2, 0) is 14.3 Å². The topological polar surface area (TPSA) is 64.6 Å². The first kappa shape index (κ1) is 14.2. The Kier molecular flexibility index (Phi) is 3.74. The van der Waals surface area contributed by atoms with Crippen molar-refractivity contribution in [2.45, 2.75) is 51.7 Å². The second-order valence-corrected chi connectivity index (χ2v) is 6.55. The molecule has 0 aromatic carbocycles. The predicted octanol–water partition coefficient (Wildman–Crippen LogP) is 2.10. The van der Waals surface area contributed by atoms with Gasteiger partial charge in [-0.15, -0.1) is 0 Å². The highest BCUT2D eigenvalue weighted by molar-refractivity contribution is 5.76. The molecular weight excluding hydrogens is 246 g/mol. The summed E-state index contributed by atoms with van der Waals surface area (Å²) in [6.07, 6.45) is 2.68. The number of carbonyl (C=O) groups is 2. The first-order valence-corrected chi connectivity index (χ1v) is 6.89. The van der Waals surface area contributed by atoms with E-state index in [1.54, 1.807) is 0 Å². The molecule has 19 heavy (non-hydrogen) atoms. The van der Waals surface area contributed by atoms with Crippen LogP contribution in [0.4, 0.5) is 4.79 Å². The van der Waals surface area contributed by atoms with Crippen LogP contribution in [0.25, 0.3) is 0 Å². The molecule has 0 heterocycles. The monoisotopic (exact) mass is 269 g/mol. The minimum Gasteiger partial charge on any atom is -0.469 e. The highest BCUT2D eigenvalue weighted by Gasteiger charge is 2.52. The lowest BCUT2D eigenvalue weighted by atomic mass is 9.84. The van der Waals surface area contributed by atoms with E-state index in [2.05, 4.69) is 5.32 Å². The van der Waals surface area contributed by atoms with Gasteiger partial charge in [-0.3, -0.25) is 4.79 Å². The number of carbonyl (C=O) groups excluding carboxylic acids is 2. The van der Waals surface area contributed by atoms with Crippen molar-refractivity contribution >= 4 is 12.1 Å². The molecule has 2 saturated carbocycles. The van der Waals surface area contributed by atoms with Crippen LogP contribution >= 0.6 is 0 Å². The van der Waals surface area contributed by atoms with E-state index in [-0.39, 0.29) is 17.9 Å². The maximum Gasteiger partial charge on any atom is 0.407 e. The summed E-state index contributed by atoms with van der Waals surface area (Å²) in [5.41, 5.74) is -0.525. The molecule has 0 aromatic heterocycles. The van der Waals surface area contributed by atoms with E-state index >= 15 is 0 Å². The lowest BCUT2D eigenvalue weighted by Crippen LogP contribution is -2.48. The molecule has 4 atom stereocenters. The van der Waals surface area contributed by atoms with Crippen molar-refractivity contribution < 1.29 is 19.1 Å². The number of ether oxygens (including phenoxy) is 2. The molecule has 0 aromatic rings. The van der Waals surface area contributed by atoms with Gasteiger partial charge < -0.3 is 14.8 Å². The van der Waals surface area contributed by atoms with Crippen molar-refractivity contribution in [1.29, 1.82) is 0 Å². The van der Waals surface area contributed by atoms with Gasteiger partial charge in [-0.05, 0) is 51.9 Å². The van der Waals surface area contributed by atoms with E-state index < -0.39 is 11.7 Å². The van der Waals surface area contributed by atoms with Gasteiger partial charge in [-0.25, -0.2) is 4.79 Å². The fourth-order valence-electron chi connectivity index (χ4n) is 3.42. The molecule has 0 spiro atoms. The largest absolute Gasteiger partial charge is 0.469 e. The van der Waals surface area contributed by atoms with Gasteiger partial charge in [0.15, 0.2) is 0 Å². The average molecular weight is 269 g/mol. The van der Waals surface area contributed by atoms with Gasteiger partial charge in [0, 0.05) is 6.04 Å². The zero-order chi connectivity index (χ0) is 14.2. The number of amides is 1. The van der Waals surface area contributed by atoms with Crippen molar-refractivity contribution in [2.75, 3.05) is 7.11 Å². The van der Waals surface area contributed by atoms with E-state index in [1.165, 1.54) is 7.11 Å². The summed E-state index contributed by atoms with van der Waals surface area (Å²) in [6, 6.07) is -0.138. The first-order valence-electron chi connectivity index (χ1n) is 6.89. The van der Waals surface area contributed by atoms with Crippen LogP contribution < -0.4 is 5.32 Å². The molecule has 5 nitrogen and oxygen atoms in total. The van der Waals surface area contributed by atoms with E-state index in [4.69, 9.17) is 9.47 Å². The number of esters is 1. The molecule has 5 heteroatoms. The lowest BCUT2D eigenvalue weighted by molar-refractivity contribution is -0.148. The normalized spacial score (nSPS) is 33.1. The van der Waals surface area contributed by atoms with Gasteiger partial charge in [-0.1, -0.05) is 0 Å². The van der Waals surface area contributed by atoms with E-state index in [9.17, 15) is 9.59 Å². The number of hydrogen-bond donors (Lipinski definition) is 1. The predicted molar refractivity (Wildman–Crippen MR) is 69.5 cm³/mol. The van der Waals surface area contributed by atoms with Crippen LogP contribution in [0.5, 0.6) is 0 Å². The Morgan fingerprint density at radius 3 is 2.37 bits per heavy atom. The molecule has 0 saturated heterocycles. The quantitative estimate of drug-likeness (QED) is 0.780. The molecule has 108 valence electrons. The molecule has 2 fully saturated rings. The number of methoxy groups -OCH3 is 1. The number of nitrogens with one attached hydrogen (secondary N) is 1. The van der Waals surface area contributed by atoms with Gasteiger partial charge in [0.25, 0.3) is 0 Å². The Morgan fingerprint density at radius 2 is 1.79 bits per heavy atom. The van der Waals surface area contributed by atoms with Gasteiger partial charge in [0.1, 0.15) is 5.60 Å². The van der Waals surface area contributed by atoms with Crippen LogP contribution in [-0.4, -0.2) is 30.8 Å². The summed E-state index contributed by atoms with van der Waals surface area (Å²) < 4.78 is 10.1. The third-order valence-electron chi connectivity index (χ3n) is 4.07. The number of fused-ring (bicyclic) bond motifs is 2. The van der Waals surface area contributed by atoms with Crippen molar-refractivity contribution in [1.82, 2.24) is 5.32 Å². The summed E-state index contributed by atoms with van der Waals surface area (Å²) >= 11 is 0. The van der Waals surface area contributed by atoms with Gasteiger partial charge in [0.2, 0.25) is 0 Å². The van der Waals surface area contributed by atoms with E-state index in [0.29, 0.717) is 11.8 Å². The second-order valence-electron chi connectivity index (χ2n) is 6.55. The van der Waals surface area contributed by atoms with Crippen molar-refractivity contribution in [3.8, 4) is 0 Å². The number of hydrogen-bond acceptors (Lipinski definition) is 4. The average Bonchev–Trinajstić information content (AvgIpc) is 2.85. The van der Waals surface area contributed by atoms with Crippen molar-refractivity contribution in [2.24, 2.45) is 17.8 Å². The SMILES string of the molecule is COC(=O)C1[C@H]2CC[C@H](C2)[C@H]1NC(=O)OC(C)(C)C. The maximum atomic E-state index is 11.9. The third kappa shape index (κ3) is 3.01.